The Morgan fingerprint density at radius 3 is 1.83 bits per heavy atom. The van der Waals surface area contributed by atoms with Crippen LogP contribution < -0.4 is 0 Å². The van der Waals surface area contributed by atoms with E-state index >= 15 is 0 Å². The van der Waals surface area contributed by atoms with Crippen LogP contribution in [0.3, 0.4) is 0 Å². The summed E-state index contributed by atoms with van der Waals surface area (Å²) in [7, 11) is 0. The van der Waals surface area contributed by atoms with E-state index in [2.05, 4.69) is 0 Å². The molecule has 1 aromatic carbocycles. The van der Waals surface area contributed by atoms with Crippen molar-refractivity contribution in [3.05, 3.63) is 35.4 Å². The number of aliphatic hydroxyl groups is 1. The maximum Gasteiger partial charge on any atom is 0.460 e. The molecule has 8 heteroatoms. The Bertz CT molecular complexity index is 424. The smallest absolute Gasteiger partial charge is 0.392 e. The summed E-state index contributed by atoms with van der Waals surface area (Å²) in [4.78, 5) is 0. The maximum atomic E-state index is 13.3. The van der Waals surface area contributed by atoms with Crippen molar-refractivity contribution in [2.45, 2.75) is 24.6 Å². The van der Waals surface area contributed by atoms with E-state index in [9.17, 15) is 30.7 Å². The molecular weight excluding hydrogens is 269 g/mol. The van der Waals surface area contributed by atoms with Crippen molar-refractivity contribution in [3.63, 3.8) is 0 Å². The number of aliphatic hydroxyl groups excluding tert-OH is 1. The Hall–Kier alpha value is -1.31. The molecule has 102 valence electrons. The lowest BCUT2D eigenvalue weighted by Gasteiger charge is -2.29. The van der Waals surface area contributed by atoms with Crippen LogP contribution in [-0.2, 0) is 12.5 Å². The lowest BCUT2D eigenvalue weighted by molar-refractivity contribution is -0.359. The van der Waals surface area contributed by atoms with Gasteiger partial charge in [0.1, 0.15) is 0 Å². The summed E-state index contributed by atoms with van der Waals surface area (Å²) in [6.45, 7) is -1.07. The molecule has 0 amide bonds. The van der Waals surface area contributed by atoms with E-state index in [4.69, 9.17) is 5.11 Å². The number of alkyl halides is 7. The van der Waals surface area contributed by atoms with Gasteiger partial charge in [-0.3, -0.25) is 0 Å². The summed E-state index contributed by atoms with van der Waals surface area (Å²) in [6.07, 6.45) is -6.39. The molecular formula is C10H7F7O. The van der Waals surface area contributed by atoms with Crippen LogP contribution in [0.25, 0.3) is 0 Å². The van der Waals surface area contributed by atoms with Gasteiger partial charge in [0.2, 0.25) is 0 Å². The molecule has 0 atom stereocenters. The summed E-state index contributed by atoms with van der Waals surface area (Å²) >= 11 is 0. The summed E-state index contributed by atoms with van der Waals surface area (Å²) in [6, 6.07) is 3.28. The second-order valence-corrected chi connectivity index (χ2v) is 3.46. The highest BCUT2D eigenvalue weighted by atomic mass is 19.4. The minimum Gasteiger partial charge on any atom is -0.392 e. The average Bonchev–Trinajstić information content (AvgIpc) is 2.27. The third-order valence-corrected chi connectivity index (χ3v) is 2.28. The predicted molar refractivity (Wildman–Crippen MR) is 47.3 cm³/mol. The van der Waals surface area contributed by atoms with Crippen LogP contribution in [0.2, 0.25) is 0 Å². The molecule has 0 fully saturated rings. The number of rotatable bonds is 3. The van der Waals surface area contributed by atoms with E-state index in [1.807, 2.05) is 0 Å². The van der Waals surface area contributed by atoms with Crippen LogP contribution in [0.4, 0.5) is 30.7 Å². The summed E-state index contributed by atoms with van der Waals surface area (Å²) in [5.74, 6) is -11.7. The van der Waals surface area contributed by atoms with Crippen molar-refractivity contribution in [3.8, 4) is 0 Å². The van der Waals surface area contributed by atoms with Crippen LogP contribution in [0, 0.1) is 0 Å². The van der Waals surface area contributed by atoms with E-state index in [0.717, 1.165) is 18.2 Å². The number of hydrogen-bond acceptors (Lipinski definition) is 1. The highest BCUT2D eigenvalue weighted by Crippen LogP contribution is 2.52. The zero-order valence-corrected chi connectivity index (χ0v) is 8.61. The van der Waals surface area contributed by atoms with Crippen LogP contribution in [0.15, 0.2) is 24.3 Å². The monoisotopic (exact) mass is 276 g/mol. The van der Waals surface area contributed by atoms with Gasteiger partial charge in [-0.25, -0.2) is 0 Å². The molecule has 0 aromatic heterocycles. The standard InChI is InChI=1S/C10H7F7O/c11-8(12,9(13,14)10(15,16)17)7-4-2-1-3-6(7)5-18/h1-4,18H,5H2. The molecule has 0 aliphatic heterocycles. The molecule has 0 aliphatic rings. The Morgan fingerprint density at radius 2 is 1.39 bits per heavy atom. The molecule has 0 bridgehead atoms. The van der Waals surface area contributed by atoms with Crippen molar-refractivity contribution in [2.75, 3.05) is 0 Å². The second-order valence-electron chi connectivity index (χ2n) is 3.46. The van der Waals surface area contributed by atoms with E-state index < -0.39 is 35.8 Å². The Labute approximate surface area is 96.8 Å². The van der Waals surface area contributed by atoms with Gasteiger partial charge in [0.15, 0.2) is 0 Å². The zero-order valence-electron chi connectivity index (χ0n) is 8.61. The SMILES string of the molecule is OCc1ccccc1C(F)(F)C(F)(F)C(F)(F)F. The van der Waals surface area contributed by atoms with Gasteiger partial charge in [-0.1, -0.05) is 24.3 Å². The fourth-order valence-corrected chi connectivity index (χ4v) is 1.31. The average molecular weight is 276 g/mol. The summed E-state index contributed by atoms with van der Waals surface area (Å²) in [5.41, 5.74) is -2.23. The highest BCUT2D eigenvalue weighted by molar-refractivity contribution is 5.32. The van der Waals surface area contributed by atoms with Gasteiger partial charge in [-0.15, -0.1) is 0 Å². The topological polar surface area (TPSA) is 20.2 Å². The highest BCUT2D eigenvalue weighted by Gasteiger charge is 2.73. The fraction of sp³-hybridized carbons (Fsp3) is 0.400. The largest absolute Gasteiger partial charge is 0.460 e. The van der Waals surface area contributed by atoms with Gasteiger partial charge in [-0.2, -0.15) is 30.7 Å². The van der Waals surface area contributed by atoms with Crippen molar-refractivity contribution in [1.82, 2.24) is 0 Å². The minimum absolute atomic E-state index is 0.422. The molecule has 0 saturated heterocycles. The number of halogens is 7. The molecule has 1 N–H and O–H groups in total. The third kappa shape index (κ3) is 2.16. The lowest BCUT2D eigenvalue weighted by Crippen LogP contribution is -2.50. The Balaban J connectivity index is 3.37. The number of benzene rings is 1. The first-order valence-electron chi connectivity index (χ1n) is 4.57. The van der Waals surface area contributed by atoms with E-state index in [1.54, 1.807) is 0 Å². The molecule has 1 aromatic rings. The summed E-state index contributed by atoms with van der Waals surface area (Å²) in [5, 5.41) is 8.69. The predicted octanol–water partition coefficient (Wildman–Crippen LogP) is 3.47. The van der Waals surface area contributed by atoms with Crippen LogP contribution in [-0.4, -0.2) is 17.2 Å². The van der Waals surface area contributed by atoms with Crippen LogP contribution >= 0.6 is 0 Å². The van der Waals surface area contributed by atoms with Crippen molar-refractivity contribution in [1.29, 1.82) is 0 Å². The van der Waals surface area contributed by atoms with Gasteiger partial charge < -0.3 is 5.11 Å². The van der Waals surface area contributed by atoms with Gasteiger partial charge in [0.05, 0.1) is 6.61 Å². The van der Waals surface area contributed by atoms with Gasteiger partial charge >= 0.3 is 18.0 Å². The van der Waals surface area contributed by atoms with E-state index in [1.165, 1.54) is 0 Å². The quantitative estimate of drug-likeness (QED) is 0.838. The second kappa shape index (κ2) is 4.42. The minimum atomic E-state index is -6.39. The third-order valence-electron chi connectivity index (χ3n) is 2.28. The van der Waals surface area contributed by atoms with Crippen LogP contribution in [0.1, 0.15) is 11.1 Å². The zero-order chi connectivity index (χ0) is 14.2. The first-order valence-corrected chi connectivity index (χ1v) is 4.57. The fourth-order valence-electron chi connectivity index (χ4n) is 1.31. The van der Waals surface area contributed by atoms with E-state index in [-0.39, 0.29) is 0 Å². The van der Waals surface area contributed by atoms with Crippen molar-refractivity contribution >= 4 is 0 Å². The normalized spacial score (nSPS) is 13.8. The van der Waals surface area contributed by atoms with Gasteiger partial charge in [-0.05, 0) is 5.56 Å². The Morgan fingerprint density at radius 1 is 0.889 bits per heavy atom. The molecule has 1 nitrogen and oxygen atoms in total. The molecule has 18 heavy (non-hydrogen) atoms. The van der Waals surface area contributed by atoms with Gasteiger partial charge in [0, 0.05) is 5.56 Å². The molecule has 1 rings (SSSR count). The molecule has 0 radical (unpaired) electrons. The maximum absolute atomic E-state index is 13.3. The first kappa shape index (κ1) is 14.7. The molecule has 0 heterocycles. The van der Waals surface area contributed by atoms with Gasteiger partial charge in [0.25, 0.3) is 0 Å². The summed E-state index contributed by atoms with van der Waals surface area (Å²) < 4.78 is 88.0. The molecule has 0 saturated carbocycles. The van der Waals surface area contributed by atoms with Crippen LogP contribution in [0.5, 0.6) is 0 Å². The Kier molecular flexibility index (Phi) is 3.62. The van der Waals surface area contributed by atoms with Crippen molar-refractivity contribution < 1.29 is 35.8 Å². The molecule has 0 spiro atoms. The molecule has 0 aliphatic carbocycles. The first-order chi connectivity index (χ1) is 8.05. The molecule has 0 unspecified atom stereocenters. The lowest BCUT2D eigenvalue weighted by atomic mass is 9.97. The number of hydrogen-bond donors (Lipinski definition) is 1. The van der Waals surface area contributed by atoms with Crippen molar-refractivity contribution in [2.24, 2.45) is 0 Å². The van der Waals surface area contributed by atoms with E-state index in [0.29, 0.717) is 6.07 Å².